The van der Waals surface area contributed by atoms with Crippen LogP contribution in [0.2, 0.25) is 0 Å². The van der Waals surface area contributed by atoms with Crippen LogP contribution in [-0.2, 0) is 4.74 Å². The number of nitrogens with one attached hydrogen (secondary N) is 1. The number of hydrogen-bond donors (Lipinski definition) is 1. The molecule has 1 atom stereocenters. The number of rotatable bonds is 3. The highest BCUT2D eigenvalue weighted by Gasteiger charge is 2.16. The summed E-state index contributed by atoms with van der Waals surface area (Å²) in [5.41, 5.74) is 0.291. The third-order valence-corrected chi connectivity index (χ3v) is 2.45. The van der Waals surface area contributed by atoms with E-state index in [0.29, 0.717) is 11.4 Å². The quantitative estimate of drug-likeness (QED) is 0.759. The topological polar surface area (TPSA) is 60.5 Å². The van der Waals surface area contributed by atoms with E-state index in [-0.39, 0.29) is 6.10 Å². The number of carbonyl (C=O) groups excluding carboxylic acids is 1. The zero-order valence-corrected chi connectivity index (χ0v) is 9.10. The number of nitrogens with zero attached hydrogens (tertiary/aromatic N) is 1. The fourth-order valence-electron chi connectivity index (χ4n) is 1.60. The van der Waals surface area contributed by atoms with Gasteiger partial charge in [0.2, 0.25) is 0 Å². The third kappa shape index (κ3) is 2.49. The van der Waals surface area contributed by atoms with Crippen LogP contribution in [0.5, 0.6) is 5.75 Å². The van der Waals surface area contributed by atoms with Crippen LogP contribution < -0.4 is 10.1 Å². The monoisotopic (exact) mass is 222 g/mol. The van der Waals surface area contributed by atoms with Gasteiger partial charge in [0.25, 0.3) is 0 Å². The molecule has 0 aliphatic carbocycles. The number of ether oxygens (including phenoxy) is 2. The molecule has 1 aliphatic rings. The van der Waals surface area contributed by atoms with E-state index in [0.717, 1.165) is 19.5 Å². The number of methoxy groups -OCH3 is 1. The molecule has 5 heteroatoms. The van der Waals surface area contributed by atoms with Crippen molar-refractivity contribution in [1.29, 1.82) is 0 Å². The Kier molecular flexibility index (Phi) is 3.36. The Morgan fingerprint density at radius 3 is 3.00 bits per heavy atom. The van der Waals surface area contributed by atoms with Crippen LogP contribution in [0.25, 0.3) is 0 Å². The predicted octanol–water partition coefficient (Wildman–Crippen LogP) is 0.609. The summed E-state index contributed by atoms with van der Waals surface area (Å²) >= 11 is 0. The summed E-state index contributed by atoms with van der Waals surface area (Å²) < 4.78 is 10.2. The molecule has 0 bridgehead atoms. The second kappa shape index (κ2) is 4.94. The lowest BCUT2D eigenvalue weighted by Gasteiger charge is -2.11. The molecule has 1 aliphatic heterocycles. The molecule has 16 heavy (non-hydrogen) atoms. The van der Waals surface area contributed by atoms with Crippen molar-refractivity contribution < 1.29 is 14.3 Å². The minimum Gasteiger partial charge on any atom is -0.487 e. The molecule has 0 saturated carbocycles. The fourth-order valence-corrected chi connectivity index (χ4v) is 1.60. The van der Waals surface area contributed by atoms with Crippen molar-refractivity contribution in [1.82, 2.24) is 10.3 Å². The standard InChI is InChI=1S/C11H14N2O3/c1-15-11(14)10-3-2-8(7-13-10)16-9-4-5-12-6-9/h2-3,7,9,12H,4-6H2,1H3/t9-/m1/s1. The Balaban J connectivity index is 1.98. The highest BCUT2D eigenvalue weighted by atomic mass is 16.5. The number of pyridine rings is 1. The van der Waals surface area contributed by atoms with Crippen LogP contribution in [-0.4, -0.2) is 37.3 Å². The van der Waals surface area contributed by atoms with Crippen LogP contribution in [0.15, 0.2) is 18.3 Å². The Bertz CT molecular complexity index is 358. The van der Waals surface area contributed by atoms with Crippen molar-refractivity contribution in [2.24, 2.45) is 0 Å². The Morgan fingerprint density at radius 2 is 2.44 bits per heavy atom. The third-order valence-electron chi connectivity index (χ3n) is 2.45. The summed E-state index contributed by atoms with van der Waals surface area (Å²) in [6.07, 6.45) is 2.74. The van der Waals surface area contributed by atoms with Gasteiger partial charge < -0.3 is 14.8 Å². The van der Waals surface area contributed by atoms with Gasteiger partial charge in [-0.25, -0.2) is 9.78 Å². The van der Waals surface area contributed by atoms with E-state index in [1.165, 1.54) is 7.11 Å². The molecule has 0 unspecified atom stereocenters. The number of carbonyl (C=O) groups is 1. The van der Waals surface area contributed by atoms with Crippen LogP contribution in [0.3, 0.4) is 0 Å². The molecule has 1 fully saturated rings. The molecule has 1 aromatic rings. The summed E-state index contributed by atoms with van der Waals surface area (Å²) in [5.74, 6) is 0.246. The molecule has 0 aromatic carbocycles. The first-order valence-electron chi connectivity index (χ1n) is 5.21. The molecule has 2 rings (SSSR count). The first-order valence-corrected chi connectivity index (χ1v) is 5.21. The minimum atomic E-state index is -0.436. The Hall–Kier alpha value is -1.62. The highest BCUT2D eigenvalue weighted by molar-refractivity contribution is 5.87. The lowest BCUT2D eigenvalue weighted by Crippen LogP contribution is -2.19. The van der Waals surface area contributed by atoms with Gasteiger partial charge in [-0.15, -0.1) is 0 Å². The predicted molar refractivity (Wildman–Crippen MR) is 57.5 cm³/mol. The summed E-state index contributed by atoms with van der Waals surface area (Å²) in [7, 11) is 1.33. The van der Waals surface area contributed by atoms with Gasteiger partial charge in [0.1, 0.15) is 17.5 Å². The van der Waals surface area contributed by atoms with Crippen molar-refractivity contribution in [3.8, 4) is 5.75 Å². The second-order valence-corrected chi connectivity index (χ2v) is 3.60. The number of hydrogen-bond acceptors (Lipinski definition) is 5. The van der Waals surface area contributed by atoms with E-state index in [1.54, 1.807) is 18.3 Å². The van der Waals surface area contributed by atoms with Crippen molar-refractivity contribution in [3.05, 3.63) is 24.0 Å². The van der Waals surface area contributed by atoms with Crippen LogP contribution >= 0.6 is 0 Å². The van der Waals surface area contributed by atoms with Gasteiger partial charge in [-0.1, -0.05) is 0 Å². The van der Waals surface area contributed by atoms with Crippen molar-refractivity contribution >= 4 is 5.97 Å². The summed E-state index contributed by atoms with van der Waals surface area (Å²) in [6, 6.07) is 3.33. The maximum Gasteiger partial charge on any atom is 0.356 e. The van der Waals surface area contributed by atoms with Crippen LogP contribution in [0, 0.1) is 0 Å². The van der Waals surface area contributed by atoms with E-state index in [4.69, 9.17) is 4.74 Å². The molecule has 86 valence electrons. The van der Waals surface area contributed by atoms with Crippen LogP contribution in [0.1, 0.15) is 16.9 Å². The SMILES string of the molecule is COC(=O)c1ccc(O[C@@H]2CCNC2)cn1. The molecular formula is C11H14N2O3. The van der Waals surface area contributed by atoms with E-state index in [1.807, 2.05) is 0 Å². The Labute approximate surface area is 93.8 Å². The normalized spacial score (nSPS) is 19.4. The second-order valence-electron chi connectivity index (χ2n) is 3.60. The minimum absolute atomic E-state index is 0.200. The lowest BCUT2D eigenvalue weighted by molar-refractivity contribution is 0.0594. The average molecular weight is 222 g/mol. The maximum absolute atomic E-state index is 11.1. The molecule has 1 N–H and O–H groups in total. The van der Waals surface area contributed by atoms with Gasteiger partial charge in [0.05, 0.1) is 13.3 Å². The first kappa shape index (κ1) is 10.9. The van der Waals surface area contributed by atoms with Gasteiger partial charge in [0, 0.05) is 6.54 Å². The van der Waals surface area contributed by atoms with Gasteiger partial charge in [0.15, 0.2) is 0 Å². The van der Waals surface area contributed by atoms with Gasteiger partial charge in [-0.2, -0.15) is 0 Å². The Morgan fingerprint density at radius 1 is 1.56 bits per heavy atom. The molecular weight excluding hydrogens is 208 g/mol. The van der Waals surface area contributed by atoms with E-state index in [2.05, 4.69) is 15.0 Å². The molecule has 2 heterocycles. The molecule has 0 radical (unpaired) electrons. The number of esters is 1. The van der Waals surface area contributed by atoms with Gasteiger partial charge in [-0.05, 0) is 25.1 Å². The van der Waals surface area contributed by atoms with Crippen LogP contribution in [0.4, 0.5) is 0 Å². The summed E-state index contributed by atoms with van der Waals surface area (Å²) in [5, 5.41) is 3.21. The summed E-state index contributed by atoms with van der Waals surface area (Å²) in [4.78, 5) is 15.1. The largest absolute Gasteiger partial charge is 0.487 e. The van der Waals surface area contributed by atoms with E-state index < -0.39 is 5.97 Å². The molecule has 0 amide bonds. The lowest BCUT2D eigenvalue weighted by atomic mass is 10.3. The van der Waals surface area contributed by atoms with E-state index in [9.17, 15) is 4.79 Å². The van der Waals surface area contributed by atoms with Gasteiger partial charge in [-0.3, -0.25) is 0 Å². The first-order chi connectivity index (χ1) is 7.79. The average Bonchev–Trinajstić information content (AvgIpc) is 2.82. The van der Waals surface area contributed by atoms with Crippen molar-refractivity contribution in [3.63, 3.8) is 0 Å². The number of aromatic nitrogens is 1. The zero-order chi connectivity index (χ0) is 11.4. The summed E-state index contributed by atoms with van der Waals surface area (Å²) in [6.45, 7) is 1.84. The van der Waals surface area contributed by atoms with Gasteiger partial charge >= 0.3 is 5.97 Å². The zero-order valence-electron chi connectivity index (χ0n) is 9.10. The highest BCUT2D eigenvalue weighted by Crippen LogP contribution is 2.14. The van der Waals surface area contributed by atoms with E-state index >= 15 is 0 Å². The smallest absolute Gasteiger partial charge is 0.356 e. The molecule has 1 saturated heterocycles. The molecule has 0 spiro atoms. The van der Waals surface area contributed by atoms with Crippen molar-refractivity contribution in [2.75, 3.05) is 20.2 Å². The molecule has 1 aromatic heterocycles. The van der Waals surface area contributed by atoms with Crippen molar-refractivity contribution in [2.45, 2.75) is 12.5 Å². The molecule has 5 nitrogen and oxygen atoms in total. The fraction of sp³-hybridized carbons (Fsp3) is 0.455. The maximum atomic E-state index is 11.1.